The molecule has 3 heteroatoms. The van der Waals surface area contributed by atoms with Crippen LogP contribution in [0.1, 0.15) is 25.7 Å². The second-order valence-electron chi connectivity index (χ2n) is 3.36. The molecule has 1 heterocycles. The van der Waals surface area contributed by atoms with E-state index in [0.29, 0.717) is 6.42 Å². The zero-order chi connectivity index (χ0) is 8.81. The largest absolute Gasteiger partial charge is 0.392 e. The molecule has 12 heavy (non-hydrogen) atoms. The summed E-state index contributed by atoms with van der Waals surface area (Å²) in [4.78, 5) is 2.27. The lowest BCUT2D eigenvalue weighted by atomic mass is 10.2. The van der Waals surface area contributed by atoms with Crippen LogP contribution < -0.4 is 0 Å². The molecule has 1 aliphatic rings. The Labute approximate surface area is 73.6 Å². The van der Waals surface area contributed by atoms with E-state index in [2.05, 4.69) is 11.0 Å². The van der Waals surface area contributed by atoms with Gasteiger partial charge in [0.05, 0.1) is 12.2 Å². The summed E-state index contributed by atoms with van der Waals surface area (Å²) in [7, 11) is 0. The van der Waals surface area contributed by atoms with Gasteiger partial charge in [-0.3, -0.25) is 0 Å². The monoisotopic (exact) mass is 168 g/mol. The summed E-state index contributed by atoms with van der Waals surface area (Å²) in [5.74, 6) is 0. The normalized spacial score (nSPS) is 24.2. The number of hydrogen-bond donors (Lipinski definition) is 1. The van der Waals surface area contributed by atoms with E-state index in [4.69, 9.17) is 5.26 Å². The number of nitriles is 1. The molecule has 1 N–H and O–H groups in total. The first-order chi connectivity index (χ1) is 5.83. The highest BCUT2D eigenvalue weighted by molar-refractivity contribution is 4.75. The molecule has 3 nitrogen and oxygen atoms in total. The standard InChI is InChI=1S/C9H16N2O/c10-5-2-1-3-6-11-7-4-9(12)8-11/h9,12H,1-4,6-8H2. The fourth-order valence-corrected chi connectivity index (χ4v) is 1.55. The van der Waals surface area contributed by atoms with Gasteiger partial charge >= 0.3 is 0 Å². The van der Waals surface area contributed by atoms with Crippen LogP contribution in [0, 0.1) is 11.3 Å². The van der Waals surface area contributed by atoms with E-state index in [-0.39, 0.29) is 6.10 Å². The average Bonchev–Trinajstić information content (AvgIpc) is 2.45. The van der Waals surface area contributed by atoms with Crippen LogP contribution in [-0.4, -0.2) is 35.7 Å². The molecule has 0 saturated carbocycles. The number of aliphatic hydroxyl groups is 1. The molecule has 1 aliphatic heterocycles. The van der Waals surface area contributed by atoms with Gasteiger partial charge in [-0.05, 0) is 25.8 Å². The Balaban J connectivity index is 1.97. The number of hydrogen-bond acceptors (Lipinski definition) is 3. The van der Waals surface area contributed by atoms with Crippen LogP contribution >= 0.6 is 0 Å². The maximum atomic E-state index is 9.21. The van der Waals surface area contributed by atoms with Crippen molar-refractivity contribution in [1.29, 1.82) is 5.26 Å². The number of unbranched alkanes of at least 4 members (excludes halogenated alkanes) is 2. The summed E-state index contributed by atoms with van der Waals surface area (Å²) >= 11 is 0. The molecule has 0 spiro atoms. The SMILES string of the molecule is N#CCCCCN1CCC(O)C1. The third-order valence-corrected chi connectivity index (χ3v) is 2.26. The minimum absolute atomic E-state index is 0.110. The molecule has 0 aliphatic carbocycles. The lowest BCUT2D eigenvalue weighted by Crippen LogP contribution is -2.23. The van der Waals surface area contributed by atoms with Crippen molar-refractivity contribution in [1.82, 2.24) is 4.90 Å². The second kappa shape index (κ2) is 5.13. The van der Waals surface area contributed by atoms with E-state index >= 15 is 0 Å². The first-order valence-corrected chi connectivity index (χ1v) is 4.60. The molecular formula is C9H16N2O. The van der Waals surface area contributed by atoms with Crippen molar-refractivity contribution in [3.05, 3.63) is 0 Å². The van der Waals surface area contributed by atoms with Crippen molar-refractivity contribution in [2.45, 2.75) is 31.8 Å². The molecule has 0 aromatic heterocycles. The number of β-amino-alcohol motifs (C(OH)–C–C–N with tert-alkyl or cyclic N) is 1. The fraction of sp³-hybridized carbons (Fsp3) is 0.889. The number of rotatable bonds is 4. The van der Waals surface area contributed by atoms with Crippen LogP contribution in [0.25, 0.3) is 0 Å². The Hall–Kier alpha value is -0.590. The van der Waals surface area contributed by atoms with E-state index in [1.54, 1.807) is 0 Å². The summed E-state index contributed by atoms with van der Waals surface area (Å²) in [6.07, 6.45) is 3.54. The zero-order valence-corrected chi connectivity index (χ0v) is 7.37. The molecule has 0 aromatic rings. The highest BCUT2D eigenvalue weighted by atomic mass is 16.3. The number of likely N-dealkylation sites (tertiary alicyclic amines) is 1. The minimum atomic E-state index is -0.110. The Kier molecular flexibility index (Phi) is 4.06. The topological polar surface area (TPSA) is 47.3 Å². The van der Waals surface area contributed by atoms with E-state index < -0.39 is 0 Å². The van der Waals surface area contributed by atoms with Crippen molar-refractivity contribution >= 4 is 0 Å². The van der Waals surface area contributed by atoms with Crippen LogP contribution in [-0.2, 0) is 0 Å². The summed E-state index contributed by atoms with van der Waals surface area (Å²) in [5, 5.41) is 17.5. The highest BCUT2D eigenvalue weighted by Gasteiger charge is 2.18. The van der Waals surface area contributed by atoms with Gasteiger partial charge in [-0.25, -0.2) is 0 Å². The average molecular weight is 168 g/mol. The van der Waals surface area contributed by atoms with Crippen LogP contribution in [0.5, 0.6) is 0 Å². The smallest absolute Gasteiger partial charge is 0.0679 e. The molecule has 1 unspecified atom stereocenters. The zero-order valence-electron chi connectivity index (χ0n) is 7.37. The molecule has 68 valence electrons. The molecule has 1 atom stereocenters. The third kappa shape index (κ3) is 3.21. The van der Waals surface area contributed by atoms with Gasteiger partial charge in [-0.2, -0.15) is 5.26 Å². The first-order valence-electron chi connectivity index (χ1n) is 4.60. The lowest BCUT2D eigenvalue weighted by Gasteiger charge is -2.13. The third-order valence-electron chi connectivity index (χ3n) is 2.26. The molecular weight excluding hydrogens is 152 g/mol. The van der Waals surface area contributed by atoms with Gasteiger partial charge in [0, 0.05) is 19.5 Å². The summed E-state index contributed by atoms with van der Waals surface area (Å²) in [5.41, 5.74) is 0. The molecule has 1 fully saturated rings. The Morgan fingerprint density at radius 1 is 1.50 bits per heavy atom. The van der Waals surface area contributed by atoms with Crippen LogP contribution in [0.3, 0.4) is 0 Å². The summed E-state index contributed by atoms with van der Waals surface area (Å²) in [6, 6.07) is 2.13. The lowest BCUT2D eigenvalue weighted by molar-refractivity contribution is 0.176. The van der Waals surface area contributed by atoms with Crippen LogP contribution in [0.2, 0.25) is 0 Å². The number of aliphatic hydroxyl groups excluding tert-OH is 1. The molecule has 1 saturated heterocycles. The molecule has 0 amide bonds. The Morgan fingerprint density at radius 2 is 2.33 bits per heavy atom. The van der Waals surface area contributed by atoms with Crippen molar-refractivity contribution < 1.29 is 5.11 Å². The minimum Gasteiger partial charge on any atom is -0.392 e. The van der Waals surface area contributed by atoms with Gasteiger partial charge in [-0.15, -0.1) is 0 Å². The van der Waals surface area contributed by atoms with Gasteiger partial charge in [-0.1, -0.05) is 0 Å². The van der Waals surface area contributed by atoms with E-state index in [1.807, 2.05) is 0 Å². The predicted octanol–water partition coefficient (Wildman–Crippen LogP) is 0.747. The Bertz CT molecular complexity index is 164. The van der Waals surface area contributed by atoms with Gasteiger partial charge < -0.3 is 10.0 Å². The van der Waals surface area contributed by atoms with Crippen LogP contribution in [0.15, 0.2) is 0 Å². The van der Waals surface area contributed by atoms with E-state index in [9.17, 15) is 5.11 Å². The quantitative estimate of drug-likeness (QED) is 0.630. The van der Waals surface area contributed by atoms with Gasteiger partial charge in [0.2, 0.25) is 0 Å². The van der Waals surface area contributed by atoms with Crippen LogP contribution in [0.4, 0.5) is 0 Å². The highest BCUT2D eigenvalue weighted by Crippen LogP contribution is 2.09. The van der Waals surface area contributed by atoms with Gasteiger partial charge in [0.15, 0.2) is 0 Å². The summed E-state index contributed by atoms with van der Waals surface area (Å²) in [6.45, 7) is 2.89. The molecule has 1 rings (SSSR count). The van der Waals surface area contributed by atoms with Crippen molar-refractivity contribution in [2.24, 2.45) is 0 Å². The number of nitrogens with zero attached hydrogens (tertiary/aromatic N) is 2. The predicted molar refractivity (Wildman–Crippen MR) is 46.5 cm³/mol. The van der Waals surface area contributed by atoms with E-state index in [1.165, 1.54) is 0 Å². The van der Waals surface area contributed by atoms with Crippen molar-refractivity contribution in [3.63, 3.8) is 0 Å². The van der Waals surface area contributed by atoms with Crippen molar-refractivity contribution in [2.75, 3.05) is 19.6 Å². The van der Waals surface area contributed by atoms with E-state index in [0.717, 1.165) is 38.9 Å². The maximum Gasteiger partial charge on any atom is 0.0679 e. The maximum absolute atomic E-state index is 9.21. The molecule has 0 bridgehead atoms. The molecule has 0 aromatic carbocycles. The van der Waals surface area contributed by atoms with Gasteiger partial charge in [0.1, 0.15) is 0 Å². The van der Waals surface area contributed by atoms with Gasteiger partial charge in [0.25, 0.3) is 0 Å². The molecule has 0 radical (unpaired) electrons. The van der Waals surface area contributed by atoms with Crippen molar-refractivity contribution in [3.8, 4) is 6.07 Å². The first kappa shape index (κ1) is 9.50. The second-order valence-corrected chi connectivity index (χ2v) is 3.36. The Morgan fingerprint density at radius 3 is 2.92 bits per heavy atom. The summed E-state index contributed by atoms with van der Waals surface area (Å²) < 4.78 is 0. The fourth-order valence-electron chi connectivity index (χ4n) is 1.55.